The van der Waals surface area contributed by atoms with Crippen molar-refractivity contribution in [3.05, 3.63) is 41.9 Å². The zero-order valence-corrected chi connectivity index (χ0v) is 10.2. The Kier molecular flexibility index (Phi) is 6.28. The van der Waals surface area contributed by atoms with E-state index in [4.69, 9.17) is 4.42 Å². The Balaban J connectivity index is 0.00000169. The number of rotatable bonds is 3. The van der Waals surface area contributed by atoms with Crippen LogP contribution in [0.3, 0.4) is 0 Å². The van der Waals surface area contributed by atoms with Crippen LogP contribution in [0.1, 0.15) is 12.5 Å². The van der Waals surface area contributed by atoms with Gasteiger partial charge in [-0.3, -0.25) is 0 Å². The van der Waals surface area contributed by atoms with Gasteiger partial charge in [-0.05, 0) is 24.6 Å². The summed E-state index contributed by atoms with van der Waals surface area (Å²) in [5.74, 6) is -1.19. The smallest absolute Gasteiger partial charge is 0.545 e. The van der Waals surface area contributed by atoms with Crippen LogP contribution in [0.25, 0.3) is 6.08 Å². The second kappa shape index (κ2) is 6.65. The van der Waals surface area contributed by atoms with E-state index in [-0.39, 0.29) is 29.6 Å². The largest absolute Gasteiger partial charge is 1.00 e. The molecular formula is C10H9NaO3. The van der Waals surface area contributed by atoms with Crippen LogP contribution in [0.2, 0.25) is 0 Å². The average Bonchev–Trinajstić information content (AvgIpc) is 2.51. The molecule has 14 heavy (non-hydrogen) atoms. The van der Waals surface area contributed by atoms with E-state index in [0.29, 0.717) is 5.57 Å². The van der Waals surface area contributed by atoms with Crippen LogP contribution in [-0.4, -0.2) is 5.97 Å². The summed E-state index contributed by atoms with van der Waals surface area (Å²) in [6.07, 6.45) is 7.61. The molecule has 0 aromatic carbocycles. The van der Waals surface area contributed by atoms with E-state index in [1.54, 1.807) is 37.7 Å². The quantitative estimate of drug-likeness (QED) is 0.322. The minimum atomic E-state index is -1.19. The summed E-state index contributed by atoms with van der Waals surface area (Å²) in [6.45, 7) is 1.69. The van der Waals surface area contributed by atoms with E-state index >= 15 is 0 Å². The van der Waals surface area contributed by atoms with E-state index in [1.807, 2.05) is 0 Å². The van der Waals surface area contributed by atoms with Gasteiger partial charge in [-0.15, -0.1) is 0 Å². The van der Waals surface area contributed by atoms with Crippen molar-refractivity contribution in [2.45, 2.75) is 6.92 Å². The average molecular weight is 200 g/mol. The molecule has 4 heteroatoms. The van der Waals surface area contributed by atoms with Crippen molar-refractivity contribution >= 4 is 12.0 Å². The predicted octanol–water partition coefficient (Wildman–Crippen LogP) is -2.01. The maximum absolute atomic E-state index is 10.1. The first-order chi connectivity index (χ1) is 6.18. The zero-order valence-electron chi connectivity index (χ0n) is 8.19. The number of carboxylic acid groups (broad SMARTS) is 1. The number of aliphatic carboxylic acids is 1. The van der Waals surface area contributed by atoms with Crippen LogP contribution in [0.5, 0.6) is 0 Å². The Morgan fingerprint density at radius 1 is 1.57 bits per heavy atom. The molecule has 0 bridgehead atoms. The molecule has 68 valence electrons. The molecular weight excluding hydrogens is 191 g/mol. The molecule has 1 aromatic rings. The molecule has 0 aliphatic heterocycles. The second-order valence-electron chi connectivity index (χ2n) is 2.60. The molecule has 0 aliphatic carbocycles. The fourth-order valence-electron chi connectivity index (χ4n) is 0.832. The molecule has 1 aromatic heterocycles. The Hall–Kier alpha value is -0.770. The van der Waals surface area contributed by atoms with Gasteiger partial charge in [0.1, 0.15) is 0 Å². The van der Waals surface area contributed by atoms with Gasteiger partial charge in [0.2, 0.25) is 0 Å². The topological polar surface area (TPSA) is 53.3 Å². The number of furan rings is 1. The van der Waals surface area contributed by atoms with E-state index in [2.05, 4.69) is 0 Å². The summed E-state index contributed by atoms with van der Waals surface area (Å²) < 4.78 is 4.83. The van der Waals surface area contributed by atoms with Gasteiger partial charge in [0.15, 0.2) is 0 Å². The van der Waals surface area contributed by atoms with Crippen LogP contribution in [-0.2, 0) is 4.79 Å². The summed E-state index contributed by atoms with van der Waals surface area (Å²) in [7, 11) is 0. The standard InChI is InChI=1S/C10H10O3.Na/c1-8(6-10(11)12)2-3-9-4-5-13-7-9;/h2-7H,1H3,(H,11,12);/q;+1/p-1. The zero-order chi connectivity index (χ0) is 9.68. The van der Waals surface area contributed by atoms with Crippen molar-refractivity contribution in [1.82, 2.24) is 0 Å². The fourth-order valence-corrected chi connectivity index (χ4v) is 0.832. The normalized spacial score (nSPS) is 11.4. The molecule has 0 N–H and O–H groups in total. The van der Waals surface area contributed by atoms with Crippen LogP contribution in [0.15, 0.2) is 40.7 Å². The van der Waals surface area contributed by atoms with Gasteiger partial charge in [-0.2, -0.15) is 0 Å². The molecule has 0 unspecified atom stereocenters. The maximum Gasteiger partial charge on any atom is 1.00 e. The Labute approximate surface area is 104 Å². The molecule has 3 nitrogen and oxygen atoms in total. The summed E-state index contributed by atoms with van der Waals surface area (Å²) >= 11 is 0. The SMILES string of the molecule is CC(C=Cc1ccoc1)=CC(=O)[O-].[Na+]. The monoisotopic (exact) mass is 200 g/mol. The number of carbonyl (C=O) groups is 1. The van der Waals surface area contributed by atoms with Gasteiger partial charge >= 0.3 is 29.6 Å². The van der Waals surface area contributed by atoms with Gasteiger partial charge in [-0.25, -0.2) is 0 Å². The number of carbonyl (C=O) groups excluding carboxylic acids is 1. The van der Waals surface area contributed by atoms with E-state index in [1.165, 1.54) is 0 Å². The summed E-state index contributed by atoms with van der Waals surface area (Å²) in [5.41, 5.74) is 1.52. The van der Waals surface area contributed by atoms with Gasteiger partial charge in [0.05, 0.1) is 18.5 Å². The second-order valence-corrected chi connectivity index (χ2v) is 2.60. The Morgan fingerprint density at radius 2 is 2.29 bits per heavy atom. The van der Waals surface area contributed by atoms with Crippen LogP contribution < -0.4 is 34.7 Å². The molecule has 0 saturated carbocycles. The van der Waals surface area contributed by atoms with Crippen molar-refractivity contribution in [3.8, 4) is 0 Å². The van der Waals surface area contributed by atoms with Gasteiger partial charge in [-0.1, -0.05) is 12.2 Å². The minimum Gasteiger partial charge on any atom is -0.545 e. The van der Waals surface area contributed by atoms with Crippen LogP contribution in [0.4, 0.5) is 0 Å². The van der Waals surface area contributed by atoms with Gasteiger partial charge < -0.3 is 14.3 Å². The van der Waals surface area contributed by atoms with Gasteiger partial charge in [0, 0.05) is 5.56 Å². The van der Waals surface area contributed by atoms with Crippen molar-refractivity contribution in [1.29, 1.82) is 0 Å². The number of hydrogen-bond acceptors (Lipinski definition) is 3. The van der Waals surface area contributed by atoms with Crippen molar-refractivity contribution in [2.75, 3.05) is 0 Å². The van der Waals surface area contributed by atoms with Crippen molar-refractivity contribution < 1.29 is 43.9 Å². The third kappa shape index (κ3) is 5.07. The summed E-state index contributed by atoms with van der Waals surface area (Å²) in [6, 6.07) is 1.78. The predicted molar refractivity (Wildman–Crippen MR) is 46.5 cm³/mol. The molecule has 0 radical (unpaired) electrons. The molecule has 0 fully saturated rings. The van der Waals surface area contributed by atoms with Crippen LogP contribution in [0, 0.1) is 0 Å². The molecule has 0 saturated heterocycles. The third-order valence-corrected chi connectivity index (χ3v) is 1.43. The van der Waals surface area contributed by atoms with E-state index in [0.717, 1.165) is 11.6 Å². The first kappa shape index (κ1) is 13.2. The molecule has 1 heterocycles. The fraction of sp³-hybridized carbons (Fsp3) is 0.100. The number of allylic oxidation sites excluding steroid dienone is 2. The van der Waals surface area contributed by atoms with Gasteiger partial charge in [0.25, 0.3) is 0 Å². The molecule has 0 amide bonds. The number of hydrogen-bond donors (Lipinski definition) is 0. The Bertz CT molecular complexity index is 336. The maximum atomic E-state index is 10.1. The summed E-state index contributed by atoms with van der Waals surface area (Å²) in [4.78, 5) is 10.1. The molecule has 1 rings (SSSR count). The van der Waals surface area contributed by atoms with Crippen molar-refractivity contribution in [3.63, 3.8) is 0 Å². The first-order valence-electron chi connectivity index (χ1n) is 3.78. The first-order valence-corrected chi connectivity index (χ1v) is 3.78. The third-order valence-electron chi connectivity index (χ3n) is 1.43. The van der Waals surface area contributed by atoms with Crippen molar-refractivity contribution in [2.24, 2.45) is 0 Å². The molecule has 0 atom stereocenters. The minimum absolute atomic E-state index is 0. The van der Waals surface area contributed by atoms with E-state index < -0.39 is 5.97 Å². The van der Waals surface area contributed by atoms with Crippen LogP contribution >= 0.6 is 0 Å². The van der Waals surface area contributed by atoms with E-state index in [9.17, 15) is 9.90 Å². The molecule has 0 spiro atoms. The Morgan fingerprint density at radius 3 is 2.79 bits per heavy atom. The molecule has 0 aliphatic rings. The summed E-state index contributed by atoms with van der Waals surface area (Å²) in [5, 5.41) is 10.1. The number of carboxylic acids is 1.